The first-order valence-corrected chi connectivity index (χ1v) is 6.74. The Bertz CT molecular complexity index is 509. The zero-order valence-electron chi connectivity index (χ0n) is 10.3. The van der Waals surface area contributed by atoms with Gasteiger partial charge in [0.15, 0.2) is 5.13 Å². The van der Waals surface area contributed by atoms with Crippen LogP contribution >= 0.6 is 11.3 Å². The molecule has 2 nitrogen and oxygen atoms in total. The summed E-state index contributed by atoms with van der Waals surface area (Å²) in [6, 6.07) is 5.11. The standard InChI is InChI=1S/C13H17FN2S/c1-4-8(2)9(3)15-13-16-11-7-10(14)5-6-12(11)17-13/h5-9H,4H2,1-3H3,(H,15,16). The van der Waals surface area contributed by atoms with Crippen molar-refractivity contribution in [1.82, 2.24) is 4.98 Å². The molecule has 0 aliphatic rings. The lowest BCUT2D eigenvalue weighted by atomic mass is 10.0. The average molecular weight is 252 g/mol. The Labute approximate surface area is 105 Å². The quantitative estimate of drug-likeness (QED) is 0.878. The summed E-state index contributed by atoms with van der Waals surface area (Å²) in [5, 5.41) is 4.26. The third-order valence-electron chi connectivity index (χ3n) is 3.20. The van der Waals surface area contributed by atoms with Crippen molar-refractivity contribution in [1.29, 1.82) is 0 Å². The van der Waals surface area contributed by atoms with E-state index in [0.717, 1.165) is 21.8 Å². The summed E-state index contributed by atoms with van der Waals surface area (Å²) in [6.07, 6.45) is 1.13. The number of anilines is 1. The summed E-state index contributed by atoms with van der Waals surface area (Å²) >= 11 is 1.57. The fraction of sp³-hybridized carbons (Fsp3) is 0.462. The van der Waals surface area contributed by atoms with E-state index in [-0.39, 0.29) is 5.82 Å². The Balaban J connectivity index is 2.19. The Morgan fingerprint density at radius 1 is 1.41 bits per heavy atom. The molecule has 2 aromatic rings. The van der Waals surface area contributed by atoms with Crippen LogP contribution in [0.1, 0.15) is 27.2 Å². The summed E-state index contributed by atoms with van der Waals surface area (Å²) in [5.74, 6) is 0.364. The SMILES string of the molecule is CCC(C)C(C)Nc1nc2cc(F)ccc2s1. The number of nitrogens with one attached hydrogen (secondary N) is 1. The molecule has 1 heterocycles. The van der Waals surface area contributed by atoms with Crippen LogP contribution < -0.4 is 5.32 Å². The summed E-state index contributed by atoms with van der Waals surface area (Å²) in [4.78, 5) is 4.40. The fourth-order valence-electron chi connectivity index (χ4n) is 1.65. The van der Waals surface area contributed by atoms with E-state index >= 15 is 0 Å². The molecule has 4 heteroatoms. The zero-order valence-corrected chi connectivity index (χ0v) is 11.1. The monoisotopic (exact) mass is 252 g/mol. The van der Waals surface area contributed by atoms with Crippen molar-refractivity contribution in [3.63, 3.8) is 0 Å². The van der Waals surface area contributed by atoms with Gasteiger partial charge in [0.2, 0.25) is 0 Å². The molecule has 0 saturated carbocycles. The molecular formula is C13H17FN2S. The van der Waals surface area contributed by atoms with Gasteiger partial charge in [-0.15, -0.1) is 0 Å². The molecular weight excluding hydrogens is 235 g/mol. The molecule has 0 spiro atoms. The first-order valence-electron chi connectivity index (χ1n) is 5.92. The Hall–Kier alpha value is -1.16. The van der Waals surface area contributed by atoms with E-state index < -0.39 is 0 Å². The number of hydrogen-bond donors (Lipinski definition) is 1. The number of thiazole rings is 1. The van der Waals surface area contributed by atoms with E-state index in [0.29, 0.717) is 12.0 Å². The third kappa shape index (κ3) is 2.75. The van der Waals surface area contributed by atoms with Gasteiger partial charge < -0.3 is 5.32 Å². The molecule has 1 aromatic carbocycles. The number of benzene rings is 1. The van der Waals surface area contributed by atoms with Crippen LogP contribution in [0.25, 0.3) is 10.2 Å². The van der Waals surface area contributed by atoms with Crippen molar-refractivity contribution in [2.75, 3.05) is 5.32 Å². The summed E-state index contributed by atoms with van der Waals surface area (Å²) < 4.78 is 14.1. The second-order valence-corrected chi connectivity index (χ2v) is 5.48. The minimum Gasteiger partial charge on any atom is -0.359 e. The molecule has 0 radical (unpaired) electrons. The largest absolute Gasteiger partial charge is 0.359 e. The first kappa shape index (κ1) is 12.3. The highest BCUT2D eigenvalue weighted by atomic mass is 32.1. The number of hydrogen-bond acceptors (Lipinski definition) is 3. The van der Waals surface area contributed by atoms with Crippen LogP contribution in [-0.2, 0) is 0 Å². The maximum Gasteiger partial charge on any atom is 0.184 e. The van der Waals surface area contributed by atoms with Gasteiger partial charge in [-0.1, -0.05) is 31.6 Å². The molecule has 92 valence electrons. The molecule has 2 atom stereocenters. The van der Waals surface area contributed by atoms with Crippen LogP contribution in [0.15, 0.2) is 18.2 Å². The van der Waals surface area contributed by atoms with E-state index in [2.05, 4.69) is 31.1 Å². The molecule has 0 amide bonds. The number of fused-ring (bicyclic) bond motifs is 1. The van der Waals surface area contributed by atoms with Gasteiger partial charge >= 0.3 is 0 Å². The van der Waals surface area contributed by atoms with Gasteiger partial charge in [-0.3, -0.25) is 0 Å². The maximum absolute atomic E-state index is 13.0. The zero-order chi connectivity index (χ0) is 12.4. The normalized spacial score (nSPS) is 14.8. The molecule has 0 fully saturated rings. The van der Waals surface area contributed by atoms with Crippen LogP contribution in [0.2, 0.25) is 0 Å². The van der Waals surface area contributed by atoms with Crippen molar-refractivity contribution in [2.24, 2.45) is 5.92 Å². The van der Waals surface area contributed by atoms with Gasteiger partial charge in [0.1, 0.15) is 5.82 Å². The lowest BCUT2D eigenvalue weighted by Gasteiger charge is -2.18. The summed E-state index contributed by atoms with van der Waals surface area (Å²) in [5.41, 5.74) is 0.730. The van der Waals surface area contributed by atoms with Gasteiger partial charge in [-0.25, -0.2) is 9.37 Å². The van der Waals surface area contributed by atoms with Crippen LogP contribution in [0, 0.1) is 11.7 Å². The number of rotatable bonds is 4. The highest BCUT2D eigenvalue weighted by Crippen LogP contribution is 2.27. The van der Waals surface area contributed by atoms with Crippen LogP contribution in [-0.4, -0.2) is 11.0 Å². The maximum atomic E-state index is 13.0. The van der Waals surface area contributed by atoms with Crippen molar-refractivity contribution in [3.05, 3.63) is 24.0 Å². The molecule has 1 N–H and O–H groups in total. The molecule has 0 saturated heterocycles. The Morgan fingerprint density at radius 2 is 2.18 bits per heavy atom. The summed E-state index contributed by atoms with van der Waals surface area (Å²) in [7, 11) is 0. The first-order chi connectivity index (χ1) is 8.10. The fourth-order valence-corrected chi connectivity index (χ4v) is 2.60. The van der Waals surface area contributed by atoms with Gasteiger partial charge in [-0.2, -0.15) is 0 Å². The summed E-state index contributed by atoms with van der Waals surface area (Å²) in [6.45, 7) is 6.54. The number of halogens is 1. The molecule has 0 bridgehead atoms. The predicted molar refractivity (Wildman–Crippen MR) is 72.1 cm³/mol. The van der Waals surface area contributed by atoms with Gasteiger partial charge in [-0.05, 0) is 25.0 Å². The highest BCUT2D eigenvalue weighted by molar-refractivity contribution is 7.22. The van der Waals surface area contributed by atoms with Crippen LogP contribution in [0.4, 0.5) is 9.52 Å². The third-order valence-corrected chi connectivity index (χ3v) is 4.17. The van der Waals surface area contributed by atoms with Crippen molar-refractivity contribution >= 4 is 26.7 Å². The van der Waals surface area contributed by atoms with E-state index in [1.807, 2.05) is 0 Å². The average Bonchev–Trinajstić information content (AvgIpc) is 2.69. The topological polar surface area (TPSA) is 24.9 Å². The highest BCUT2D eigenvalue weighted by Gasteiger charge is 2.12. The minimum absolute atomic E-state index is 0.232. The van der Waals surface area contributed by atoms with E-state index in [4.69, 9.17) is 0 Å². The number of nitrogens with zero attached hydrogens (tertiary/aromatic N) is 1. The lowest BCUT2D eigenvalue weighted by molar-refractivity contribution is 0.494. The van der Waals surface area contributed by atoms with Crippen LogP contribution in [0.3, 0.4) is 0 Å². The van der Waals surface area contributed by atoms with Crippen molar-refractivity contribution in [2.45, 2.75) is 33.2 Å². The van der Waals surface area contributed by atoms with Crippen molar-refractivity contribution < 1.29 is 4.39 Å². The van der Waals surface area contributed by atoms with Gasteiger partial charge in [0.25, 0.3) is 0 Å². The second-order valence-electron chi connectivity index (χ2n) is 4.45. The molecule has 2 unspecified atom stereocenters. The van der Waals surface area contributed by atoms with E-state index in [1.165, 1.54) is 12.1 Å². The lowest BCUT2D eigenvalue weighted by Crippen LogP contribution is -2.22. The predicted octanol–water partition coefficient (Wildman–Crippen LogP) is 4.28. The smallest absolute Gasteiger partial charge is 0.184 e. The Kier molecular flexibility index (Phi) is 3.62. The number of aromatic nitrogens is 1. The molecule has 0 aliphatic carbocycles. The van der Waals surface area contributed by atoms with Gasteiger partial charge in [0.05, 0.1) is 10.2 Å². The van der Waals surface area contributed by atoms with E-state index in [1.54, 1.807) is 17.4 Å². The second kappa shape index (κ2) is 5.00. The Morgan fingerprint density at radius 3 is 2.88 bits per heavy atom. The van der Waals surface area contributed by atoms with Crippen molar-refractivity contribution in [3.8, 4) is 0 Å². The van der Waals surface area contributed by atoms with Crippen LogP contribution in [0.5, 0.6) is 0 Å². The molecule has 17 heavy (non-hydrogen) atoms. The minimum atomic E-state index is -0.232. The molecule has 1 aromatic heterocycles. The molecule has 0 aliphatic heterocycles. The van der Waals surface area contributed by atoms with Gasteiger partial charge in [0, 0.05) is 12.1 Å². The molecule has 2 rings (SSSR count). The van der Waals surface area contributed by atoms with E-state index in [9.17, 15) is 4.39 Å².